The Morgan fingerprint density at radius 2 is 1.79 bits per heavy atom. The third kappa shape index (κ3) is 4.49. The molecule has 4 rings (SSSR count). The number of fused-ring (bicyclic) bond motifs is 1. The van der Waals surface area contributed by atoms with Crippen molar-refractivity contribution in [2.45, 2.75) is 66.3 Å². The molecule has 3 aromatic heterocycles. The molecule has 180 valence electrons. The van der Waals surface area contributed by atoms with E-state index in [0.29, 0.717) is 0 Å². The van der Waals surface area contributed by atoms with Gasteiger partial charge >= 0.3 is 0 Å². The Labute approximate surface area is 201 Å². The quantitative estimate of drug-likeness (QED) is 0.307. The molecule has 34 heavy (non-hydrogen) atoms. The van der Waals surface area contributed by atoms with Crippen LogP contribution in [0.3, 0.4) is 0 Å². The van der Waals surface area contributed by atoms with Crippen LogP contribution in [0.4, 0.5) is 4.39 Å². The van der Waals surface area contributed by atoms with Crippen LogP contribution in [0.2, 0.25) is 0 Å². The van der Waals surface area contributed by atoms with Crippen LogP contribution < -0.4 is 0 Å². The maximum Gasteiger partial charge on any atom is 0.158 e. The lowest BCUT2D eigenvalue weighted by Gasteiger charge is -2.29. The third-order valence-corrected chi connectivity index (χ3v) is 6.52. The van der Waals surface area contributed by atoms with Crippen LogP contribution in [0, 0.1) is 12.7 Å². The van der Waals surface area contributed by atoms with Crippen molar-refractivity contribution in [3.63, 3.8) is 0 Å². The molecule has 0 aliphatic rings. The van der Waals surface area contributed by atoms with Gasteiger partial charge in [-0.15, -0.1) is 0 Å². The third-order valence-electron chi connectivity index (χ3n) is 6.52. The number of rotatable bonds is 9. The SMILES string of the molecule is CCCN(CCC)C(C)c1cc(-c2[nH]nc(-c3cc(C)c4ncnn4c3)c2C(C)C)ccc1F. The summed E-state index contributed by atoms with van der Waals surface area (Å²) in [4.78, 5) is 6.68. The van der Waals surface area contributed by atoms with Gasteiger partial charge in [-0.2, -0.15) is 10.2 Å². The Balaban J connectivity index is 1.79. The summed E-state index contributed by atoms with van der Waals surface area (Å²) in [7, 11) is 0. The van der Waals surface area contributed by atoms with Crippen LogP contribution in [0.5, 0.6) is 0 Å². The van der Waals surface area contributed by atoms with Crippen LogP contribution in [0.1, 0.15) is 76.1 Å². The standard InChI is InChI=1S/C27H35FN6/c1-7-11-33(12-8-2)19(6)22-14-20(9-10-23(22)28)25-24(17(3)4)26(32-31-25)21-13-18(5)27-29-16-30-34(27)15-21/h9-10,13-17,19H,7-8,11-12H2,1-6H3,(H,31,32). The summed E-state index contributed by atoms with van der Waals surface area (Å²) in [6, 6.07) is 7.54. The summed E-state index contributed by atoms with van der Waals surface area (Å²) in [6.07, 6.45) is 5.62. The maximum absolute atomic E-state index is 15.0. The van der Waals surface area contributed by atoms with Crippen molar-refractivity contribution in [3.8, 4) is 22.5 Å². The maximum atomic E-state index is 15.0. The molecule has 0 spiro atoms. The van der Waals surface area contributed by atoms with Gasteiger partial charge in [0.05, 0.1) is 11.4 Å². The lowest BCUT2D eigenvalue weighted by atomic mass is 9.92. The van der Waals surface area contributed by atoms with E-state index in [1.165, 1.54) is 0 Å². The lowest BCUT2D eigenvalue weighted by molar-refractivity contribution is 0.207. The summed E-state index contributed by atoms with van der Waals surface area (Å²) in [5.41, 5.74) is 7.49. The molecule has 0 bridgehead atoms. The van der Waals surface area contributed by atoms with E-state index in [9.17, 15) is 0 Å². The number of pyridine rings is 1. The molecule has 0 amide bonds. The van der Waals surface area contributed by atoms with Crippen molar-refractivity contribution in [3.05, 3.63) is 59.3 Å². The minimum Gasteiger partial charge on any atom is -0.297 e. The predicted molar refractivity (Wildman–Crippen MR) is 135 cm³/mol. The first-order valence-electron chi connectivity index (χ1n) is 12.3. The Kier molecular flexibility index (Phi) is 7.12. The Hall–Kier alpha value is -3.06. The van der Waals surface area contributed by atoms with E-state index in [4.69, 9.17) is 5.10 Å². The van der Waals surface area contributed by atoms with Gasteiger partial charge in [-0.05, 0) is 75.5 Å². The van der Waals surface area contributed by atoms with Crippen molar-refractivity contribution >= 4 is 5.65 Å². The monoisotopic (exact) mass is 462 g/mol. The van der Waals surface area contributed by atoms with Gasteiger partial charge in [-0.1, -0.05) is 27.7 Å². The minimum atomic E-state index is -0.161. The zero-order valence-corrected chi connectivity index (χ0v) is 21.1. The average Bonchev–Trinajstić information content (AvgIpc) is 3.46. The highest BCUT2D eigenvalue weighted by atomic mass is 19.1. The number of benzene rings is 1. The number of aromatic amines is 1. The lowest BCUT2D eigenvalue weighted by Crippen LogP contribution is -2.29. The molecule has 0 radical (unpaired) electrons. The fourth-order valence-electron chi connectivity index (χ4n) is 4.87. The van der Waals surface area contributed by atoms with E-state index in [1.807, 2.05) is 25.3 Å². The summed E-state index contributed by atoms with van der Waals surface area (Å²) < 4.78 is 16.8. The largest absolute Gasteiger partial charge is 0.297 e. The highest BCUT2D eigenvalue weighted by Gasteiger charge is 2.23. The predicted octanol–water partition coefficient (Wildman–Crippen LogP) is 6.54. The molecule has 3 heterocycles. The second kappa shape index (κ2) is 10.1. The summed E-state index contributed by atoms with van der Waals surface area (Å²) in [5.74, 6) is 0.0599. The van der Waals surface area contributed by atoms with Crippen molar-refractivity contribution in [2.75, 3.05) is 13.1 Å². The molecule has 7 heteroatoms. The molecule has 0 aliphatic carbocycles. The van der Waals surface area contributed by atoms with Gasteiger partial charge < -0.3 is 0 Å². The van der Waals surface area contributed by atoms with Crippen LogP contribution in [0.15, 0.2) is 36.8 Å². The zero-order chi connectivity index (χ0) is 24.4. The number of halogens is 1. The Morgan fingerprint density at radius 3 is 2.47 bits per heavy atom. The second-order valence-electron chi connectivity index (χ2n) is 9.40. The number of aromatic nitrogens is 5. The van der Waals surface area contributed by atoms with Crippen LogP contribution >= 0.6 is 0 Å². The van der Waals surface area contributed by atoms with Crippen molar-refractivity contribution in [2.24, 2.45) is 0 Å². The van der Waals surface area contributed by atoms with Gasteiger partial charge in [-0.3, -0.25) is 10.00 Å². The van der Waals surface area contributed by atoms with E-state index < -0.39 is 0 Å². The molecule has 0 fully saturated rings. The first-order valence-corrected chi connectivity index (χ1v) is 12.3. The van der Waals surface area contributed by atoms with E-state index in [0.717, 1.165) is 70.8 Å². The summed E-state index contributed by atoms with van der Waals surface area (Å²) in [6.45, 7) is 14.7. The molecule has 1 atom stereocenters. The van der Waals surface area contributed by atoms with Crippen LogP contribution in [0.25, 0.3) is 28.2 Å². The number of hydrogen-bond donors (Lipinski definition) is 1. The molecular formula is C27H35FN6. The molecule has 0 saturated heterocycles. The molecule has 1 aromatic carbocycles. The number of nitrogens with zero attached hydrogens (tertiary/aromatic N) is 5. The van der Waals surface area contributed by atoms with E-state index >= 15 is 4.39 Å². The number of aryl methyl sites for hydroxylation is 1. The highest BCUT2D eigenvalue weighted by molar-refractivity contribution is 5.76. The normalized spacial score (nSPS) is 12.9. The molecule has 4 aromatic rings. The first-order chi connectivity index (χ1) is 16.3. The van der Waals surface area contributed by atoms with Crippen LogP contribution in [-0.2, 0) is 0 Å². The van der Waals surface area contributed by atoms with Crippen molar-refractivity contribution in [1.29, 1.82) is 0 Å². The fraction of sp³-hybridized carbons (Fsp3) is 0.444. The highest BCUT2D eigenvalue weighted by Crippen LogP contribution is 2.37. The average molecular weight is 463 g/mol. The fourth-order valence-corrected chi connectivity index (χ4v) is 4.87. The second-order valence-corrected chi connectivity index (χ2v) is 9.40. The molecular weight excluding hydrogens is 427 g/mol. The molecule has 0 aliphatic heterocycles. The van der Waals surface area contributed by atoms with E-state index in [1.54, 1.807) is 16.9 Å². The van der Waals surface area contributed by atoms with Gasteiger partial charge in [0.25, 0.3) is 0 Å². The van der Waals surface area contributed by atoms with Gasteiger partial charge in [0.2, 0.25) is 0 Å². The van der Waals surface area contributed by atoms with E-state index in [2.05, 4.69) is 60.8 Å². The molecule has 1 unspecified atom stereocenters. The van der Waals surface area contributed by atoms with Gasteiger partial charge in [-0.25, -0.2) is 13.9 Å². The van der Waals surface area contributed by atoms with Crippen molar-refractivity contribution in [1.82, 2.24) is 29.7 Å². The van der Waals surface area contributed by atoms with Gasteiger partial charge in [0.1, 0.15) is 12.1 Å². The smallest absolute Gasteiger partial charge is 0.158 e. The minimum absolute atomic E-state index is 0.00196. The Morgan fingerprint density at radius 1 is 1.06 bits per heavy atom. The number of nitrogens with one attached hydrogen (secondary N) is 1. The molecule has 0 saturated carbocycles. The van der Waals surface area contributed by atoms with Gasteiger partial charge in [0.15, 0.2) is 5.65 Å². The summed E-state index contributed by atoms with van der Waals surface area (Å²) >= 11 is 0. The Bertz CT molecular complexity index is 1270. The first kappa shape index (κ1) is 24.1. The number of hydrogen-bond acceptors (Lipinski definition) is 4. The zero-order valence-electron chi connectivity index (χ0n) is 21.1. The van der Waals surface area contributed by atoms with E-state index in [-0.39, 0.29) is 17.8 Å². The molecule has 6 nitrogen and oxygen atoms in total. The van der Waals surface area contributed by atoms with Gasteiger partial charge in [0, 0.05) is 34.5 Å². The number of H-pyrrole nitrogens is 1. The van der Waals surface area contributed by atoms with Crippen LogP contribution in [-0.4, -0.2) is 42.8 Å². The van der Waals surface area contributed by atoms with Crippen molar-refractivity contribution < 1.29 is 4.39 Å². The molecule has 1 N–H and O–H groups in total. The summed E-state index contributed by atoms with van der Waals surface area (Å²) in [5, 5.41) is 12.3. The topological polar surface area (TPSA) is 62.1 Å².